The van der Waals surface area contributed by atoms with E-state index in [0.29, 0.717) is 5.89 Å². The van der Waals surface area contributed by atoms with Crippen molar-refractivity contribution in [2.24, 2.45) is 0 Å². The normalized spacial score (nSPS) is 11.8. The van der Waals surface area contributed by atoms with Crippen LogP contribution in [-0.2, 0) is 0 Å². The largest absolute Gasteiger partial charge is 0.430 e. The second kappa shape index (κ2) is 6.28. The van der Waals surface area contributed by atoms with Crippen molar-refractivity contribution < 1.29 is 4.42 Å². The minimum atomic E-state index is 0.707. The molecule has 0 atom stereocenters. The summed E-state index contributed by atoms with van der Waals surface area (Å²) < 4.78 is 9.21. The summed E-state index contributed by atoms with van der Waals surface area (Å²) in [5.41, 5.74) is 7.79. The minimum absolute atomic E-state index is 0.707. The van der Waals surface area contributed by atoms with E-state index in [1.54, 1.807) is 11.3 Å². The Morgan fingerprint density at radius 1 is 0.867 bits per heavy atom. The maximum atomic E-state index is 5.76. The highest BCUT2D eigenvalue weighted by molar-refractivity contribution is 7.25. The molecule has 0 amide bonds. The van der Waals surface area contributed by atoms with Gasteiger partial charge in [0, 0.05) is 22.6 Å². The summed E-state index contributed by atoms with van der Waals surface area (Å²) in [6.07, 6.45) is 0. The lowest BCUT2D eigenvalue weighted by atomic mass is 10.1. The number of thiophene rings is 1. The molecule has 0 radical (unpaired) electrons. The lowest BCUT2D eigenvalue weighted by molar-refractivity contribution is 0.567. The first-order valence-electron chi connectivity index (χ1n) is 9.94. The summed E-state index contributed by atoms with van der Waals surface area (Å²) in [5, 5.41) is 1.13. The van der Waals surface area contributed by atoms with E-state index in [9.17, 15) is 0 Å². The van der Waals surface area contributed by atoms with Gasteiger partial charge in [0.1, 0.15) is 11.3 Å². The molecule has 0 fully saturated rings. The van der Waals surface area contributed by atoms with E-state index in [0.717, 1.165) is 42.9 Å². The number of rotatable bonds is 2. The van der Waals surface area contributed by atoms with Crippen molar-refractivity contribution in [2.75, 3.05) is 0 Å². The second-order valence-electron chi connectivity index (χ2n) is 7.68. The Kier molecular flexibility index (Phi) is 3.65. The first kappa shape index (κ1) is 17.4. The number of imidazole rings is 1. The van der Waals surface area contributed by atoms with Crippen LogP contribution >= 0.6 is 11.3 Å². The zero-order valence-electron chi connectivity index (χ0n) is 16.9. The van der Waals surface area contributed by atoms with Crippen LogP contribution in [0.15, 0.2) is 65.1 Å². The number of hydrogen-bond donors (Lipinski definition) is 0. The van der Waals surface area contributed by atoms with Crippen LogP contribution in [0.5, 0.6) is 0 Å². The van der Waals surface area contributed by atoms with Gasteiger partial charge in [0.2, 0.25) is 4.90 Å². The minimum Gasteiger partial charge on any atom is -0.430 e. The molecule has 0 N–H and O–H groups in total. The van der Waals surface area contributed by atoms with E-state index >= 15 is 0 Å². The number of aryl methyl sites for hydroxylation is 3. The van der Waals surface area contributed by atoms with Crippen LogP contribution in [0.25, 0.3) is 48.6 Å². The molecule has 0 saturated heterocycles. The molecule has 3 aromatic heterocycles. The van der Waals surface area contributed by atoms with Gasteiger partial charge in [-0.05, 0) is 43.2 Å². The first-order chi connectivity index (χ1) is 14.6. The molecular formula is C25H19N3OS. The Labute approximate surface area is 177 Å². The quantitative estimate of drug-likeness (QED) is 0.310. The number of nitrogens with zero attached hydrogens (tertiary/aromatic N) is 3. The van der Waals surface area contributed by atoms with Crippen LogP contribution < -0.4 is 0 Å². The van der Waals surface area contributed by atoms with Crippen molar-refractivity contribution in [2.45, 2.75) is 20.8 Å². The molecular weight excluding hydrogens is 390 g/mol. The molecule has 3 aromatic carbocycles. The molecule has 0 saturated carbocycles. The predicted octanol–water partition coefficient (Wildman–Crippen LogP) is 6.97. The number of hydrogen-bond acceptors (Lipinski definition) is 4. The number of oxazole rings is 1. The van der Waals surface area contributed by atoms with Gasteiger partial charge in [-0.2, -0.15) is 0 Å². The Morgan fingerprint density at radius 2 is 1.67 bits per heavy atom. The lowest BCUT2D eigenvalue weighted by Gasteiger charge is -2.15. The van der Waals surface area contributed by atoms with Gasteiger partial charge in [-0.15, -0.1) is 0 Å². The fourth-order valence-corrected chi connectivity index (χ4v) is 5.37. The van der Waals surface area contributed by atoms with Crippen LogP contribution in [-0.4, -0.2) is 14.5 Å². The zero-order valence-corrected chi connectivity index (χ0v) is 17.7. The first-order valence-corrected chi connectivity index (χ1v) is 10.8. The number of para-hydroxylation sites is 3. The fraction of sp³-hybridized carbons (Fsp3) is 0.120. The second-order valence-corrected chi connectivity index (χ2v) is 8.70. The van der Waals surface area contributed by atoms with Gasteiger partial charge in [0.05, 0.1) is 16.7 Å². The van der Waals surface area contributed by atoms with Gasteiger partial charge < -0.3 is 4.42 Å². The van der Waals surface area contributed by atoms with Crippen LogP contribution in [0.1, 0.15) is 17.0 Å². The van der Waals surface area contributed by atoms with Crippen LogP contribution in [0, 0.1) is 20.8 Å². The van der Waals surface area contributed by atoms with Crippen molar-refractivity contribution >= 4 is 42.9 Å². The Bertz CT molecular complexity index is 1560. The van der Waals surface area contributed by atoms with Gasteiger partial charge in [-0.25, -0.2) is 9.97 Å². The Morgan fingerprint density at radius 3 is 2.50 bits per heavy atom. The van der Waals surface area contributed by atoms with Gasteiger partial charge in [0.15, 0.2) is 5.89 Å². The average molecular weight is 410 g/mol. The Balaban J connectivity index is 1.66. The highest BCUT2D eigenvalue weighted by Crippen LogP contribution is 2.38. The van der Waals surface area contributed by atoms with Crippen molar-refractivity contribution in [3.8, 4) is 17.1 Å². The summed E-state index contributed by atoms with van der Waals surface area (Å²) in [5.74, 6) is 1.66. The van der Waals surface area contributed by atoms with E-state index in [1.165, 1.54) is 16.8 Å². The highest BCUT2D eigenvalue weighted by atomic mass is 32.1. The SMILES string of the molecule is Cc1nc2c(o1)sc1cc(-c3nc4ccccc4n3-c3c(C)cccc3C)ccc12. The maximum absolute atomic E-state index is 5.76. The third kappa shape index (κ3) is 2.45. The molecule has 0 aliphatic heterocycles. The van der Waals surface area contributed by atoms with Crippen molar-refractivity contribution in [3.05, 3.63) is 77.7 Å². The zero-order chi connectivity index (χ0) is 20.4. The molecule has 6 rings (SSSR count). The van der Waals surface area contributed by atoms with Crippen LogP contribution in [0.3, 0.4) is 0 Å². The monoisotopic (exact) mass is 409 g/mol. The summed E-state index contributed by atoms with van der Waals surface area (Å²) in [6, 6.07) is 21.2. The molecule has 5 heteroatoms. The number of benzene rings is 3. The van der Waals surface area contributed by atoms with Gasteiger partial charge in [-0.3, -0.25) is 4.57 Å². The van der Waals surface area contributed by atoms with Gasteiger partial charge >= 0.3 is 0 Å². The van der Waals surface area contributed by atoms with E-state index in [4.69, 9.17) is 9.40 Å². The number of aromatic nitrogens is 3. The van der Waals surface area contributed by atoms with E-state index < -0.39 is 0 Å². The molecule has 146 valence electrons. The molecule has 4 nitrogen and oxygen atoms in total. The standard InChI is InChI=1S/C25H19N3OS/c1-14-7-6-8-15(2)23(14)28-20-10-5-4-9-19(20)27-24(28)17-11-12-18-21(13-17)30-25-22(18)26-16(3)29-25/h4-13H,1-3H3. The molecule has 0 bridgehead atoms. The van der Waals surface area contributed by atoms with Crippen molar-refractivity contribution in [1.29, 1.82) is 0 Å². The molecule has 6 aromatic rings. The van der Waals surface area contributed by atoms with Crippen LogP contribution in [0.4, 0.5) is 0 Å². The summed E-state index contributed by atoms with van der Waals surface area (Å²) in [4.78, 5) is 10.5. The van der Waals surface area contributed by atoms with E-state index in [2.05, 4.69) is 78.0 Å². The van der Waals surface area contributed by atoms with Crippen LogP contribution in [0.2, 0.25) is 0 Å². The molecule has 0 aliphatic rings. The van der Waals surface area contributed by atoms with Gasteiger partial charge in [-0.1, -0.05) is 53.8 Å². The lowest BCUT2D eigenvalue weighted by Crippen LogP contribution is -2.02. The predicted molar refractivity (Wildman–Crippen MR) is 124 cm³/mol. The summed E-state index contributed by atoms with van der Waals surface area (Å²) in [7, 11) is 0. The van der Waals surface area contributed by atoms with Crippen molar-refractivity contribution in [3.63, 3.8) is 0 Å². The molecule has 0 spiro atoms. The molecule has 0 aliphatic carbocycles. The molecule has 3 heterocycles. The maximum Gasteiger partial charge on any atom is 0.209 e. The third-order valence-electron chi connectivity index (χ3n) is 5.62. The fourth-order valence-electron chi connectivity index (χ4n) is 4.29. The number of fused-ring (bicyclic) bond motifs is 4. The Hall–Kier alpha value is -3.44. The van der Waals surface area contributed by atoms with E-state index in [-0.39, 0.29) is 0 Å². The van der Waals surface area contributed by atoms with Crippen molar-refractivity contribution in [1.82, 2.24) is 14.5 Å². The highest BCUT2D eigenvalue weighted by Gasteiger charge is 2.18. The summed E-state index contributed by atoms with van der Waals surface area (Å²) in [6.45, 7) is 6.21. The van der Waals surface area contributed by atoms with Gasteiger partial charge in [0.25, 0.3) is 0 Å². The summed E-state index contributed by atoms with van der Waals surface area (Å²) >= 11 is 1.64. The topological polar surface area (TPSA) is 43.9 Å². The average Bonchev–Trinajstić information content (AvgIpc) is 3.38. The smallest absolute Gasteiger partial charge is 0.209 e. The molecule has 30 heavy (non-hydrogen) atoms. The van der Waals surface area contributed by atoms with E-state index in [1.807, 2.05) is 13.0 Å². The molecule has 0 unspecified atom stereocenters. The third-order valence-corrected chi connectivity index (χ3v) is 6.64.